The first kappa shape index (κ1) is 25.0. The summed E-state index contributed by atoms with van der Waals surface area (Å²) in [4.78, 5) is 12.1. The lowest BCUT2D eigenvalue weighted by Gasteiger charge is -2.33. The van der Waals surface area contributed by atoms with Gasteiger partial charge in [0.05, 0.1) is 12.2 Å². The van der Waals surface area contributed by atoms with Crippen LogP contribution in [0.5, 0.6) is 0 Å². The van der Waals surface area contributed by atoms with Crippen LogP contribution in [0.3, 0.4) is 0 Å². The van der Waals surface area contributed by atoms with Gasteiger partial charge in [0.25, 0.3) is 0 Å². The highest BCUT2D eigenvalue weighted by Gasteiger charge is 2.34. The average molecular weight is 448 g/mol. The summed E-state index contributed by atoms with van der Waals surface area (Å²) in [5.41, 5.74) is 0. The molecule has 2 rings (SSSR count). The van der Waals surface area contributed by atoms with Gasteiger partial charge in [-0.1, -0.05) is 25.7 Å². The van der Waals surface area contributed by atoms with Crippen LogP contribution in [0.25, 0.3) is 0 Å². The minimum absolute atomic E-state index is 0.188. The molecule has 2 N–H and O–H groups in total. The summed E-state index contributed by atoms with van der Waals surface area (Å²) in [5, 5.41) is 5.32. The van der Waals surface area contributed by atoms with Crippen LogP contribution in [0.1, 0.15) is 51.4 Å². The second-order valence-electron chi connectivity index (χ2n) is 8.11. The van der Waals surface area contributed by atoms with E-state index in [4.69, 9.17) is 9.47 Å². The monoisotopic (exact) mass is 448 g/mol. The van der Waals surface area contributed by atoms with Crippen molar-refractivity contribution in [3.8, 4) is 0 Å². The van der Waals surface area contributed by atoms with Crippen LogP contribution in [-0.2, 0) is 9.47 Å². The lowest BCUT2D eigenvalue weighted by Crippen LogP contribution is -2.46. The molecule has 2 saturated carbocycles. The first-order chi connectivity index (χ1) is 14.0. The van der Waals surface area contributed by atoms with E-state index in [0.717, 1.165) is 25.7 Å². The van der Waals surface area contributed by atoms with E-state index >= 15 is 0 Å². The molecule has 0 aromatic carbocycles. The van der Waals surface area contributed by atoms with E-state index in [1.807, 2.05) is 0 Å². The number of hydrogen-bond acceptors (Lipinski definition) is 3. The molecular weight excluding hydrogens is 418 g/mol. The molecule has 0 aromatic rings. The summed E-state index contributed by atoms with van der Waals surface area (Å²) in [6, 6.07) is -0.490. The van der Waals surface area contributed by atoms with Gasteiger partial charge in [-0.2, -0.15) is 26.3 Å². The highest BCUT2D eigenvalue weighted by molar-refractivity contribution is 5.73. The van der Waals surface area contributed by atoms with Gasteiger partial charge in [-0.15, -0.1) is 0 Å². The zero-order valence-electron chi connectivity index (χ0n) is 16.8. The molecule has 30 heavy (non-hydrogen) atoms. The van der Waals surface area contributed by atoms with Crippen LogP contribution in [0.2, 0.25) is 0 Å². The van der Waals surface area contributed by atoms with E-state index in [-0.39, 0.29) is 24.9 Å². The van der Waals surface area contributed by atoms with Gasteiger partial charge in [0.2, 0.25) is 0 Å². The molecule has 2 aliphatic rings. The van der Waals surface area contributed by atoms with Crippen LogP contribution < -0.4 is 10.6 Å². The zero-order chi connectivity index (χ0) is 22.2. The van der Waals surface area contributed by atoms with Gasteiger partial charge in [0.1, 0.15) is 13.2 Å². The van der Waals surface area contributed by atoms with Crippen molar-refractivity contribution >= 4 is 6.03 Å². The number of hydrogen-bond donors (Lipinski definition) is 2. The summed E-state index contributed by atoms with van der Waals surface area (Å²) in [5.74, 6) is -0.409. The quantitative estimate of drug-likeness (QED) is 0.536. The maximum atomic E-state index is 12.4. The number of nitrogens with one attached hydrogen (secondary N) is 2. The summed E-state index contributed by atoms with van der Waals surface area (Å²) < 4.78 is 84.4. The number of carbonyl (C=O) groups is 1. The van der Waals surface area contributed by atoms with E-state index in [9.17, 15) is 31.1 Å². The van der Waals surface area contributed by atoms with Crippen molar-refractivity contribution in [2.45, 2.75) is 75.9 Å². The summed E-state index contributed by atoms with van der Waals surface area (Å²) >= 11 is 0. The Kier molecular flexibility index (Phi) is 9.52. The summed E-state index contributed by atoms with van der Waals surface area (Å²) in [7, 11) is 0. The molecule has 2 aliphatic carbocycles. The number of ether oxygens (including phenoxy) is 2. The molecule has 4 atom stereocenters. The predicted molar refractivity (Wildman–Crippen MR) is 96.9 cm³/mol. The van der Waals surface area contributed by atoms with E-state index in [0.29, 0.717) is 25.7 Å². The van der Waals surface area contributed by atoms with Gasteiger partial charge in [-0.05, 0) is 25.7 Å². The van der Waals surface area contributed by atoms with Crippen molar-refractivity contribution in [2.24, 2.45) is 11.8 Å². The Morgan fingerprint density at radius 3 is 1.43 bits per heavy atom. The molecule has 0 aromatic heterocycles. The average Bonchev–Trinajstić information content (AvgIpc) is 2.67. The maximum absolute atomic E-state index is 12.4. The molecule has 4 unspecified atom stereocenters. The van der Waals surface area contributed by atoms with Gasteiger partial charge in [-0.25, -0.2) is 4.79 Å². The highest BCUT2D eigenvalue weighted by Crippen LogP contribution is 2.29. The molecule has 0 bridgehead atoms. The third-order valence-electron chi connectivity index (χ3n) is 5.65. The molecular formula is C19H30F6N2O3. The van der Waals surface area contributed by atoms with Gasteiger partial charge in [0.15, 0.2) is 0 Å². The standard InChI is InChI=1S/C19H30F6N2O3/c20-18(21,22)11-29-15-7-3-1-5-13(15)9-26-17(28)27-10-14-6-2-4-8-16(14)30-12-19(23,24)25/h13-16H,1-12H2,(H2,26,27,28). The van der Waals surface area contributed by atoms with Crippen molar-refractivity contribution in [1.82, 2.24) is 10.6 Å². The fourth-order valence-corrected chi connectivity index (χ4v) is 4.17. The van der Waals surface area contributed by atoms with Crippen LogP contribution in [-0.4, -0.2) is 56.9 Å². The molecule has 0 radical (unpaired) electrons. The molecule has 0 saturated heterocycles. The molecule has 0 heterocycles. The van der Waals surface area contributed by atoms with Gasteiger partial charge in [0, 0.05) is 24.9 Å². The Hall–Kier alpha value is -1.23. The third kappa shape index (κ3) is 9.72. The minimum atomic E-state index is -4.39. The Morgan fingerprint density at radius 1 is 0.700 bits per heavy atom. The molecule has 176 valence electrons. The first-order valence-electron chi connectivity index (χ1n) is 10.4. The van der Waals surface area contributed by atoms with Crippen LogP contribution >= 0.6 is 0 Å². The summed E-state index contributed by atoms with van der Waals surface area (Å²) in [6.45, 7) is -2.23. The number of amides is 2. The number of carbonyl (C=O) groups excluding carboxylic acids is 1. The smallest absolute Gasteiger partial charge is 0.368 e. The van der Waals surface area contributed by atoms with Crippen LogP contribution in [0, 0.1) is 11.8 Å². The van der Waals surface area contributed by atoms with E-state index in [1.165, 1.54) is 0 Å². The number of halogens is 6. The molecule has 5 nitrogen and oxygen atoms in total. The molecule has 2 amide bonds. The van der Waals surface area contributed by atoms with Crippen molar-refractivity contribution < 1.29 is 40.6 Å². The fourth-order valence-electron chi connectivity index (χ4n) is 4.17. The van der Waals surface area contributed by atoms with Gasteiger partial charge < -0.3 is 20.1 Å². The Bertz CT molecular complexity index is 485. The minimum Gasteiger partial charge on any atom is -0.368 e. The third-order valence-corrected chi connectivity index (χ3v) is 5.65. The van der Waals surface area contributed by atoms with Gasteiger partial charge in [-0.3, -0.25) is 0 Å². The Morgan fingerprint density at radius 2 is 1.07 bits per heavy atom. The predicted octanol–water partition coefficient (Wildman–Crippen LogP) is 4.56. The topological polar surface area (TPSA) is 59.6 Å². The summed E-state index contributed by atoms with van der Waals surface area (Å²) in [6.07, 6.45) is -4.24. The van der Waals surface area contributed by atoms with Crippen molar-refractivity contribution in [3.63, 3.8) is 0 Å². The lowest BCUT2D eigenvalue weighted by molar-refractivity contribution is -0.193. The molecule has 2 fully saturated rings. The number of rotatable bonds is 8. The van der Waals surface area contributed by atoms with E-state index in [2.05, 4.69) is 10.6 Å². The van der Waals surface area contributed by atoms with E-state index in [1.54, 1.807) is 0 Å². The lowest BCUT2D eigenvalue weighted by atomic mass is 9.86. The van der Waals surface area contributed by atoms with Crippen molar-refractivity contribution in [3.05, 3.63) is 0 Å². The first-order valence-corrected chi connectivity index (χ1v) is 10.4. The highest BCUT2D eigenvalue weighted by atomic mass is 19.4. The molecule has 0 aliphatic heterocycles. The second kappa shape index (κ2) is 11.4. The van der Waals surface area contributed by atoms with Crippen LogP contribution in [0.4, 0.5) is 31.1 Å². The fraction of sp³-hybridized carbons (Fsp3) is 0.947. The second-order valence-corrected chi connectivity index (χ2v) is 8.11. The molecule has 11 heteroatoms. The number of urea groups is 1. The molecule has 0 spiro atoms. The zero-order valence-corrected chi connectivity index (χ0v) is 16.8. The SMILES string of the molecule is O=C(NCC1CCCCC1OCC(F)(F)F)NCC1CCCCC1OCC(F)(F)F. The number of alkyl halides is 6. The largest absolute Gasteiger partial charge is 0.411 e. The van der Waals surface area contributed by atoms with Crippen LogP contribution in [0.15, 0.2) is 0 Å². The van der Waals surface area contributed by atoms with Crippen molar-refractivity contribution in [2.75, 3.05) is 26.3 Å². The Balaban J connectivity index is 1.73. The van der Waals surface area contributed by atoms with Crippen molar-refractivity contribution in [1.29, 1.82) is 0 Å². The van der Waals surface area contributed by atoms with E-state index < -0.39 is 43.8 Å². The van der Waals surface area contributed by atoms with Gasteiger partial charge >= 0.3 is 18.4 Å². The maximum Gasteiger partial charge on any atom is 0.411 e. The Labute approximate surface area is 172 Å². The normalized spacial score (nSPS) is 28.2.